The van der Waals surface area contributed by atoms with E-state index in [0.717, 1.165) is 10.5 Å². The molecule has 134 valence electrons. The molecule has 1 aliphatic rings. The van der Waals surface area contributed by atoms with Gasteiger partial charge in [0, 0.05) is 5.92 Å². The zero-order valence-corrected chi connectivity index (χ0v) is 14.5. The molecule has 0 aromatic heterocycles. The lowest BCUT2D eigenvalue weighted by Gasteiger charge is -2.13. The van der Waals surface area contributed by atoms with Crippen LogP contribution in [0.4, 0.5) is 4.39 Å². The lowest BCUT2D eigenvalue weighted by atomic mass is 10.1. The van der Waals surface area contributed by atoms with Crippen molar-refractivity contribution in [2.24, 2.45) is 5.92 Å². The van der Waals surface area contributed by atoms with Gasteiger partial charge in [-0.25, -0.2) is 4.39 Å². The number of hydrogen-bond acceptors (Lipinski definition) is 3. The fourth-order valence-electron chi connectivity index (χ4n) is 2.88. The summed E-state index contributed by atoms with van der Waals surface area (Å²) in [5.41, 5.74) is 1.70. The van der Waals surface area contributed by atoms with Gasteiger partial charge in [0.15, 0.2) is 0 Å². The molecule has 2 aromatic carbocycles. The highest BCUT2D eigenvalue weighted by molar-refractivity contribution is 6.21. The first-order valence-electron chi connectivity index (χ1n) is 8.49. The molecular formula is C21H20FNO3. The average molecular weight is 353 g/mol. The zero-order valence-electron chi connectivity index (χ0n) is 14.5. The molecule has 2 amide bonds. The Kier molecular flexibility index (Phi) is 5.58. The minimum atomic E-state index is -0.518. The summed E-state index contributed by atoms with van der Waals surface area (Å²) in [5, 5.41) is 0. The Balaban J connectivity index is 1.53. The summed E-state index contributed by atoms with van der Waals surface area (Å²) in [6.07, 6.45) is 1.40. The van der Waals surface area contributed by atoms with Gasteiger partial charge in [-0.15, -0.1) is 0 Å². The van der Waals surface area contributed by atoms with Crippen LogP contribution in [0.25, 0.3) is 0 Å². The third kappa shape index (κ3) is 4.06. The topological polar surface area (TPSA) is 46.6 Å². The van der Waals surface area contributed by atoms with E-state index in [-0.39, 0.29) is 12.5 Å². The maximum absolute atomic E-state index is 14.3. The molecule has 3 rings (SSSR count). The van der Waals surface area contributed by atoms with Crippen molar-refractivity contribution < 1.29 is 18.7 Å². The maximum atomic E-state index is 14.3. The Bertz CT molecular complexity index is 797. The highest BCUT2D eigenvalue weighted by Crippen LogP contribution is 2.23. The molecule has 0 spiro atoms. The second kappa shape index (κ2) is 8.06. The molecule has 0 bridgehead atoms. The van der Waals surface area contributed by atoms with E-state index in [9.17, 15) is 14.0 Å². The van der Waals surface area contributed by atoms with E-state index in [1.165, 1.54) is 6.08 Å². The highest BCUT2D eigenvalue weighted by atomic mass is 19.1. The summed E-state index contributed by atoms with van der Waals surface area (Å²) >= 11 is 0. The van der Waals surface area contributed by atoms with Crippen LogP contribution in [0.5, 0.6) is 0 Å². The Morgan fingerprint density at radius 3 is 2.23 bits per heavy atom. The van der Waals surface area contributed by atoms with E-state index in [4.69, 9.17) is 4.74 Å². The van der Waals surface area contributed by atoms with Crippen molar-refractivity contribution in [3.05, 3.63) is 83.2 Å². The van der Waals surface area contributed by atoms with Crippen molar-refractivity contribution in [2.75, 3.05) is 13.2 Å². The smallest absolute Gasteiger partial charge is 0.261 e. The van der Waals surface area contributed by atoms with Crippen LogP contribution in [-0.4, -0.2) is 29.9 Å². The molecular weight excluding hydrogens is 333 g/mol. The first-order valence-corrected chi connectivity index (χ1v) is 8.49. The van der Waals surface area contributed by atoms with Crippen molar-refractivity contribution in [1.82, 2.24) is 4.90 Å². The third-order valence-corrected chi connectivity index (χ3v) is 4.15. The molecule has 5 heteroatoms. The summed E-state index contributed by atoms with van der Waals surface area (Å²) in [5.74, 6) is -1.60. The van der Waals surface area contributed by atoms with Crippen LogP contribution in [0.3, 0.4) is 0 Å². The average Bonchev–Trinajstić information content (AvgIpc) is 2.88. The monoisotopic (exact) mass is 353 g/mol. The molecule has 0 N–H and O–H groups in total. The molecule has 0 unspecified atom stereocenters. The number of carbonyl (C=O) groups excluding carboxylic acids is 2. The van der Waals surface area contributed by atoms with Gasteiger partial charge in [0.2, 0.25) is 0 Å². The van der Waals surface area contributed by atoms with E-state index in [2.05, 4.69) is 0 Å². The van der Waals surface area contributed by atoms with E-state index in [1.54, 1.807) is 24.3 Å². The predicted octanol–water partition coefficient (Wildman–Crippen LogP) is 3.99. The van der Waals surface area contributed by atoms with Gasteiger partial charge < -0.3 is 4.74 Å². The normalized spacial score (nSPS) is 15.3. The largest absolute Gasteiger partial charge is 0.376 e. The molecule has 4 nitrogen and oxygen atoms in total. The Morgan fingerprint density at radius 2 is 1.62 bits per heavy atom. The zero-order chi connectivity index (χ0) is 18.5. The summed E-state index contributed by atoms with van der Waals surface area (Å²) in [4.78, 5) is 25.4. The van der Waals surface area contributed by atoms with Gasteiger partial charge in [-0.2, -0.15) is 0 Å². The van der Waals surface area contributed by atoms with Crippen molar-refractivity contribution >= 4 is 11.8 Å². The number of fused-ring (bicyclic) bond motifs is 1. The second-order valence-corrected chi connectivity index (χ2v) is 6.33. The quantitative estimate of drug-likeness (QED) is 0.707. The SMILES string of the molecule is C[C@@H](/C=C(\F)CN1C(=O)c2ccccc2C1=O)COCc1ccccc1. The first kappa shape index (κ1) is 18.0. The van der Waals surface area contributed by atoms with E-state index in [1.807, 2.05) is 37.3 Å². The van der Waals surface area contributed by atoms with Crippen LogP contribution < -0.4 is 0 Å². The molecule has 1 heterocycles. The van der Waals surface area contributed by atoms with E-state index >= 15 is 0 Å². The molecule has 0 radical (unpaired) electrons. The van der Waals surface area contributed by atoms with Gasteiger partial charge in [-0.05, 0) is 23.8 Å². The summed E-state index contributed by atoms with van der Waals surface area (Å²) in [6.45, 7) is 2.28. The van der Waals surface area contributed by atoms with Crippen LogP contribution in [0.15, 0.2) is 66.5 Å². The Hall–Kier alpha value is -2.79. The fourth-order valence-corrected chi connectivity index (χ4v) is 2.88. The standard InChI is InChI=1S/C21H20FNO3/c1-15(13-26-14-16-7-3-2-4-8-16)11-17(22)12-23-20(24)18-9-5-6-10-19(18)21(23)25/h2-11,15H,12-14H2,1H3/b17-11-/t15-/m0/s1. The number of amides is 2. The minimum Gasteiger partial charge on any atom is -0.376 e. The van der Waals surface area contributed by atoms with Gasteiger partial charge in [0.1, 0.15) is 5.83 Å². The third-order valence-electron chi connectivity index (χ3n) is 4.15. The van der Waals surface area contributed by atoms with Crippen molar-refractivity contribution in [3.8, 4) is 0 Å². The molecule has 0 saturated carbocycles. The van der Waals surface area contributed by atoms with Crippen molar-refractivity contribution in [2.45, 2.75) is 13.5 Å². The number of carbonyl (C=O) groups is 2. The minimum absolute atomic E-state index is 0.172. The van der Waals surface area contributed by atoms with Crippen LogP contribution >= 0.6 is 0 Å². The summed E-state index contributed by atoms with van der Waals surface area (Å²) < 4.78 is 19.9. The van der Waals surface area contributed by atoms with E-state index in [0.29, 0.717) is 24.3 Å². The molecule has 0 aliphatic carbocycles. The molecule has 2 aromatic rings. The Morgan fingerprint density at radius 1 is 1.04 bits per heavy atom. The number of benzene rings is 2. The number of imide groups is 1. The van der Waals surface area contributed by atoms with Crippen LogP contribution in [0.2, 0.25) is 0 Å². The number of halogens is 1. The van der Waals surface area contributed by atoms with Crippen molar-refractivity contribution in [1.29, 1.82) is 0 Å². The number of rotatable bonds is 7. The van der Waals surface area contributed by atoms with Gasteiger partial charge in [0.05, 0.1) is 30.9 Å². The molecule has 0 fully saturated rings. The summed E-state index contributed by atoms with van der Waals surface area (Å²) in [6, 6.07) is 16.3. The molecule has 1 atom stereocenters. The maximum Gasteiger partial charge on any atom is 0.261 e. The fraction of sp³-hybridized carbons (Fsp3) is 0.238. The number of ether oxygens (including phenoxy) is 1. The van der Waals surface area contributed by atoms with Crippen LogP contribution in [0, 0.1) is 5.92 Å². The molecule has 26 heavy (non-hydrogen) atoms. The van der Waals surface area contributed by atoms with Crippen molar-refractivity contribution in [3.63, 3.8) is 0 Å². The first-order chi connectivity index (χ1) is 12.6. The van der Waals surface area contributed by atoms with Crippen LogP contribution in [0.1, 0.15) is 33.2 Å². The molecule has 0 saturated heterocycles. The van der Waals surface area contributed by atoms with Gasteiger partial charge in [-0.1, -0.05) is 49.4 Å². The number of hydrogen-bond donors (Lipinski definition) is 0. The van der Waals surface area contributed by atoms with Crippen LogP contribution in [-0.2, 0) is 11.3 Å². The van der Waals surface area contributed by atoms with Gasteiger partial charge >= 0.3 is 0 Å². The second-order valence-electron chi connectivity index (χ2n) is 6.33. The predicted molar refractivity (Wildman–Crippen MR) is 96.3 cm³/mol. The Labute approximate surface area is 151 Å². The summed E-state index contributed by atoms with van der Waals surface area (Å²) in [7, 11) is 0. The molecule has 1 aliphatic heterocycles. The van der Waals surface area contributed by atoms with Gasteiger partial charge in [-0.3, -0.25) is 14.5 Å². The number of nitrogens with zero attached hydrogens (tertiary/aromatic N) is 1. The lowest BCUT2D eigenvalue weighted by Crippen LogP contribution is -2.31. The van der Waals surface area contributed by atoms with Gasteiger partial charge in [0.25, 0.3) is 11.8 Å². The lowest BCUT2D eigenvalue weighted by molar-refractivity contribution is 0.0659. The van der Waals surface area contributed by atoms with E-state index < -0.39 is 17.6 Å². The highest BCUT2D eigenvalue weighted by Gasteiger charge is 2.35.